The van der Waals surface area contributed by atoms with Crippen LogP contribution in [0.15, 0.2) is 40.9 Å². The molecule has 4 nitrogen and oxygen atoms in total. The van der Waals surface area contributed by atoms with Crippen LogP contribution >= 0.6 is 15.9 Å². The van der Waals surface area contributed by atoms with Crippen molar-refractivity contribution in [3.05, 3.63) is 52.3 Å². The highest BCUT2D eigenvalue weighted by molar-refractivity contribution is 9.10. The van der Waals surface area contributed by atoms with E-state index < -0.39 is 11.8 Å². The lowest BCUT2D eigenvalue weighted by atomic mass is 10.1. The van der Waals surface area contributed by atoms with Crippen molar-refractivity contribution in [2.45, 2.75) is 0 Å². The quantitative estimate of drug-likeness (QED) is 0.661. The van der Waals surface area contributed by atoms with Gasteiger partial charge in [-0.2, -0.15) is 0 Å². The molecule has 0 saturated heterocycles. The zero-order valence-corrected chi connectivity index (χ0v) is 12.2. The average molecular weight is 339 g/mol. The molecule has 0 aliphatic heterocycles. The van der Waals surface area contributed by atoms with E-state index in [1.165, 1.54) is 19.2 Å². The van der Waals surface area contributed by atoms with Gasteiger partial charge in [-0.25, -0.2) is 9.18 Å². The molecular weight excluding hydrogens is 327 g/mol. The molecule has 0 aromatic heterocycles. The van der Waals surface area contributed by atoms with Gasteiger partial charge in [-0.15, -0.1) is 0 Å². The molecule has 0 fully saturated rings. The third kappa shape index (κ3) is 3.08. The number of nitrogens with two attached hydrogens (primary N) is 1. The van der Waals surface area contributed by atoms with E-state index >= 15 is 0 Å². The predicted molar refractivity (Wildman–Crippen MR) is 79.6 cm³/mol. The van der Waals surface area contributed by atoms with Gasteiger partial charge in [0, 0.05) is 4.47 Å². The van der Waals surface area contributed by atoms with E-state index in [2.05, 4.69) is 26.0 Å². The number of nitrogen functional groups attached to an aromatic ring is 1. The van der Waals surface area contributed by atoms with Crippen molar-refractivity contribution in [1.29, 1.82) is 0 Å². The van der Waals surface area contributed by atoms with Gasteiger partial charge in [-0.3, -0.25) is 0 Å². The summed E-state index contributed by atoms with van der Waals surface area (Å²) >= 11 is 3.18. The maximum Gasteiger partial charge on any atom is 0.337 e. The molecule has 3 N–H and O–H groups in total. The van der Waals surface area contributed by atoms with E-state index in [4.69, 9.17) is 5.73 Å². The zero-order chi connectivity index (χ0) is 14.7. The molecule has 0 heterocycles. The lowest BCUT2D eigenvalue weighted by molar-refractivity contribution is 0.0601. The number of esters is 1. The number of hydrogen-bond donors (Lipinski definition) is 2. The van der Waals surface area contributed by atoms with E-state index in [9.17, 15) is 9.18 Å². The smallest absolute Gasteiger partial charge is 0.337 e. The first kappa shape index (κ1) is 14.3. The minimum atomic E-state index is -0.482. The lowest BCUT2D eigenvalue weighted by Gasteiger charge is -2.11. The molecule has 2 rings (SSSR count). The van der Waals surface area contributed by atoms with Crippen LogP contribution in [-0.2, 0) is 4.74 Å². The second-order valence-electron chi connectivity index (χ2n) is 4.04. The lowest BCUT2D eigenvalue weighted by Crippen LogP contribution is -2.04. The van der Waals surface area contributed by atoms with Gasteiger partial charge in [0.15, 0.2) is 0 Å². The van der Waals surface area contributed by atoms with Gasteiger partial charge in [0.25, 0.3) is 0 Å². The van der Waals surface area contributed by atoms with Gasteiger partial charge in [-0.05, 0) is 36.4 Å². The Morgan fingerprint density at radius 1 is 1.25 bits per heavy atom. The van der Waals surface area contributed by atoms with Crippen molar-refractivity contribution < 1.29 is 13.9 Å². The Labute approximate surface area is 123 Å². The topological polar surface area (TPSA) is 64.3 Å². The van der Waals surface area contributed by atoms with Gasteiger partial charge in [-0.1, -0.05) is 15.9 Å². The minimum absolute atomic E-state index is 0.266. The number of benzene rings is 2. The molecule has 0 saturated carbocycles. The molecule has 6 heteroatoms. The number of methoxy groups -OCH3 is 1. The molecule has 104 valence electrons. The van der Waals surface area contributed by atoms with Gasteiger partial charge < -0.3 is 15.8 Å². The van der Waals surface area contributed by atoms with E-state index in [0.717, 1.165) is 0 Å². The monoisotopic (exact) mass is 338 g/mol. The van der Waals surface area contributed by atoms with Gasteiger partial charge in [0.05, 0.1) is 29.7 Å². The highest BCUT2D eigenvalue weighted by Crippen LogP contribution is 2.27. The molecule has 0 atom stereocenters. The molecule has 0 aliphatic rings. The molecule has 0 unspecified atom stereocenters. The summed E-state index contributed by atoms with van der Waals surface area (Å²) in [7, 11) is 1.29. The molecule has 2 aromatic carbocycles. The maximum absolute atomic E-state index is 13.8. The Balaban J connectivity index is 2.35. The third-order valence-corrected chi connectivity index (χ3v) is 3.17. The zero-order valence-electron chi connectivity index (χ0n) is 10.6. The van der Waals surface area contributed by atoms with E-state index in [1.54, 1.807) is 24.3 Å². The normalized spacial score (nSPS) is 10.2. The third-order valence-electron chi connectivity index (χ3n) is 2.67. The maximum atomic E-state index is 13.8. The molecule has 0 bridgehead atoms. The summed E-state index contributed by atoms with van der Waals surface area (Å²) < 4.78 is 19.0. The van der Waals surface area contributed by atoms with Crippen LogP contribution in [0, 0.1) is 5.82 Å². The fourth-order valence-corrected chi connectivity index (χ4v) is 1.98. The number of carbonyl (C=O) groups excluding carboxylic acids is 1. The Hall–Kier alpha value is -2.08. The van der Waals surface area contributed by atoms with E-state index in [-0.39, 0.29) is 5.69 Å². The van der Waals surface area contributed by atoms with Crippen LogP contribution < -0.4 is 11.1 Å². The summed E-state index contributed by atoms with van der Waals surface area (Å²) in [5.41, 5.74) is 7.25. The first-order valence-electron chi connectivity index (χ1n) is 5.71. The van der Waals surface area contributed by atoms with E-state index in [1.807, 2.05) is 0 Å². The number of ether oxygens (including phenoxy) is 1. The Kier molecular flexibility index (Phi) is 4.24. The summed E-state index contributed by atoms with van der Waals surface area (Å²) in [4.78, 5) is 11.5. The van der Waals surface area contributed by atoms with Crippen LogP contribution in [0.2, 0.25) is 0 Å². The molecule has 20 heavy (non-hydrogen) atoms. The highest BCUT2D eigenvalue weighted by Gasteiger charge is 2.10. The summed E-state index contributed by atoms with van der Waals surface area (Å²) in [6, 6.07) is 9.23. The Morgan fingerprint density at radius 3 is 2.65 bits per heavy atom. The number of nitrogens with one attached hydrogen (secondary N) is 1. The first-order valence-corrected chi connectivity index (χ1v) is 6.50. The van der Waals surface area contributed by atoms with Crippen LogP contribution in [0.3, 0.4) is 0 Å². The summed E-state index contributed by atoms with van der Waals surface area (Å²) in [6.45, 7) is 0. The fraction of sp³-hybridized carbons (Fsp3) is 0.0714. The van der Waals surface area contributed by atoms with Crippen LogP contribution in [0.25, 0.3) is 0 Å². The van der Waals surface area contributed by atoms with Gasteiger partial charge in [0.2, 0.25) is 0 Å². The second-order valence-corrected chi connectivity index (χ2v) is 4.96. The van der Waals surface area contributed by atoms with Crippen molar-refractivity contribution in [2.75, 3.05) is 18.2 Å². The van der Waals surface area contributed by atoms with Crippen molar-refractivity contribution in [1.82, 2.24) is 0 Å². The second kappa shape index (κ2) is 5.92. The SMILES string of the molecule is COC(=O)c1ccc(N)c(Nc2ccc(Br)cc2F)c1. The van der Waals surface area contributed by atoms with Crippen LogP contribution in [0.1, 0.15) is 10.4 Å². The highest BCUT2D eigenvalue weighted by atomic mass is 79.9. The van der Waals surface area contributed by atoms with Gasteiger partial charge in [0.1, 0.15) is 5.82 Å². The molecule has 0 spiro atoms. The van der Waals surface area contributed by atoms with Crippen LogP contribution in [0.4, 0.5) is 21.5 Å². The molecule has 0 radical (unpaired) electrons. The summed E-state index contributed by atoms with van der Waals surface area (Å²) in [5.74, 6) is -0.911. The summed E-state index contributed by atoms with van der Waals surface area (Å²) in [6.07, 6.45) is 0. The minimum Gasteiger partial charge on any atom is -0.465 e. The van der Waals surface area contributed by atoms with Crippen LogP contribution in [0.5, 0.6) is 0 Å². The van der Waals surface area contributed by atoms with Crippen LogP contribution in [-0.4, -0.2) is 13.1 Å². The largest absolute Gasteiger partial charge is 0.465 e. The Morgan fingerprint density at radius 2 is 2.00 bits per heavy atom. The first-order chi connectivity index (χ1) is 9.51. The predicted octanol–water partition coefficient (Wildman–Crippen LogP) is 3.70. The number of anilines is 3. The average Bonchev–Trinajstić information content (AvgIpc) is 2.43. The standard InChI is InChI=1S/C14H12BrFN2O2/c1-20-14(19)8-2-4-11(17)13(6-8)18-12-5-3-9(15)7-10(12)16/h2-7,18H,17H2,1H3. The number of hydrogen-bond acceptors (Lipinski definition) is 4. The van der Waals surface area contributed by atoms with Crippen molar-refractivity contribution in [3.8, 4) is 0 Å². The van der Waals surface area contributed by atoms with Crippen molar-refractivity contribution in [3.63, 3.8) is 0 Å². The Bertz CT molecular complexity index is 662. The number of rotatable bonds is 3. The van der Waals surface area contributed by atoms with E-state index in [0.29, 0.717) is 21.4 Å². The van der Waals surface area contributed by atoms with Crippen molar-refractivity contribution in [2.24, 2.45) is 0 Å². The molecule has 2 aromatic rings. The molecule has 0 amide bonds. The molecular formula is C14H12BrFN2O2. The number of halogens is 2. The summed E-state index contributed by atoms with van der Waals surface area (Å²) in [5, 5.41) is 2.86. The fourth-order valence-electron chi connectivity index (χ4n) is 1.65. The number of carbonyl (C=O) groups is 1. The van der Waals surface area contributed by atoms with Crippen molar-refractivity contribution >= 4 is 39.0 Å². The molecule has 0 aliphatic carbocycles. The van der Waals surface area contributed by atoms with Gasteiger partial charge >= 0.3 is 5.97 Å².